The summed E-state index contributed by atoms with van der Waals surface area (Å²) in [6.45, 7) is 2.00. The van der Waals surface area contributed by atoms with E-state index in [1.807, 2.05) is 6.92 Å². The van der Waals surface area contributed by atoms with Crippen molar-refractivity contribution in [3.63, 3.8) is 0 Å². The first kappa shape index (κ1) is 12.0. The number of alkyl halides is 3. The second-order valence-electron chi connectivity index (χ2n) is 3.39. The van der Waals surface area contributed by atoms with Crippen LogP contribution in [-0.4, -0.2) is 21.0 Å². The number of aliphatic hydroxyl groups excluding tert-OH is 1. The molecule has 15 heavy (non-hydrogen) atoms. The van der Waals surface area contributed by atoms with Gasteiger partial charge in [0.1, 0.15) is 0 Å². The second kappa shape index (κ2) is 4.65. The molecule has 1 aromatic rings. The van der Waals surface area contributed by atoms with Gasteiger partial charge in [-0.25, -0.2) is 0 Å². The van der Waals surface area contributed by atoms with E-state index < -0.39 is 17.8 Å². The number of hydrogen-bond acceptors (Lipinski definition) is 2. The molecule has 0 aliphatic rings. The van der Waals surface area contributed by atoms with Gasteiger partial charge in [0.15, 0.2) is 0 Å². The van der Waals surface area contributed by atoms with Crippen molar-refractivity contribution in [2.45, 2.75) is 38.6 Å². The van der Waals surface area contributed by atoms with Gasteiger partial charge in [0.2, 0.25) is 0 Å². The molecule has 0 saturated carbocycles. The first-order chi connectivity index (χ1) is 6.93. The van der Waals surface area contributed by atoms with Crippen LogP contribution in [0.3, 0.4) is 0 Å². The maximum Gasteiger partial charge on any atom is 0.419 e. The largest absolute Gasteiger partial charge is 0.419 e. The number of aliphatic hydroxyl groups is 1. The zero-order chi connectivity index (χ0) is 11.5. The van der Waals surface area contributed by atoms with Gasteiger partial charge in [-0.2, -0.15) is 18.3 Å². The van der Waals surface area contributed by atoms with Crippen molar-refractivity contribution in [3.8, 4) is 0 Å². The summed E-state index contributed by atoms with van der Waals surface area (Å²) in [6.07, 6.45) is -2.00. The number of aromatic nitrogens is 2. The van der Waals surface area contributed by atoms with E-state index in [4.69, 9.17) is 0 Å². The molecule has 1 atom stereocenters. The van der Waals surface area contributed by atoms with E-state index >= 15 is 0 Å². The predicted octanol–water partition coefficient (Wildman–Crippen LogP) is 2.06. The van der Waals surface area contributed by atoms with Gasteiger partial charge in [-0.3, -0.25) is 4.68 Å². The van der Waals surface area contributed by atoms with Crippen LogP contribution in [0.4, 0.5) is 13.2 Å². The lowest BCUT2D eigenvalue weighted by atomic mass is 10.2. The molecule has 0 fully saturated rings. The Morgan fingerprint density at radius 2 is 2.20 bits per heavy atom. The first-order valence-electron chi connectivity index (χ1n) is 4.71. The fourth-order valence-corrected chi connectivity index (χ4v) is 1.25. The van der Waals surface area contributed by atoms with E-state index in [-0.39, 0.29) is 6.54 Å². The maximum absolute atomic E-state index is 12.2. The molecule has 0 bridgehead atoms. The molecule has 3 nitrogen and oxygen atoms in total. The minimum atomic E-state index is -4.37. The summed E-state index contributed by atoms with van der Waals surface area (Å²) in [5, 5.41) is 12.9. The Morgan fingerprint density at radius 3 is 2.67 bits per heavy atom. The lowest BCUT2D eigenvalue weighted by molar-refractivity contribution is -0.137. The Hall–Kier alpha value is -1.04. The molecule has 1 N–H and O–H groups in total. The molecule has 86 valence electrons. The van der Waals surface area contributed by atoms with Crippen LogP contribution in [-0.2, 0) is 12.7 Å². The third-order valence-electron chi connectivity index (χ3n) is 1.98. The van der Waals surface area contributed by atoms with E-state index in [0.717, 1.165) is 23.5 Å². The molecular weight excluding hydrogens is 209 g/mol. The summed E-state index contributed by atoms with van der Waals surface area (Å²) in [7, 11) is 0. The molecule has 0 radical (unpaired) electrons. The Morgan fingerprint density at radius 1 is 1.53 bits per heavy atom. The first-order valence-corrected chi connectivity index (χ1v) is 4.71. The van der Waals surface area contributed by atoms with Crippen LogP contribution in [0.2, 0.25) is 0 Å². The van der Waals surface area contributed by atoms with Crippen molar-refractivity contribution in [3.05, 3.63) is 18.0 Å². The minimum Gasteiger partial charge on any atom is -0.391 e. The predicted molar refractivity (Wildman–Crippen MR) is 48.1 cm³/mol. The van der Waals surface area contributed by atoms with E-state index in [9.17, 15) is 18.3 Å². The average Bonchev–Trinajstić information content (AvgIpc) is 2.52. The highest BCUT2D eigenvalue weighted by Crippen LogP contribution is 2.28. The van der Waals surface area contributed by atoms with Crippen molar-refractivity contribution < 1.29 is 18.3 Å². The van der Waals surface area contributed by atoms with E-state index in [0.29, 0.717) is 6.42 Å². The summed E-state index contributed by atoms with van der Waals surface area (Å²) in [4.78, 5) is 0. The molecule has 0 saturated heterocycles. The highest BCUT2D eigenvalue weighted by Gasteiger charge is 2.32. The molecule has 0 aliphatic carbocycles. The third kappa shape index (κ3) is 3.54. The van der Waals surface area contributed by atoms with Gasteiger partial charge in [-0.15, -0.1) is 0 Å². The Labute approximate surface area is 85.5 Å². The SMILES string of the molecule is CCCC(O)Cn1cc(C(F)(F)F)cn1. The average molecular weight is 222 g/mol. The summed E-state index contributed by atoms with van der Waals surface area (Å²) in [6, 6.07) is 0. The summed E-state index contributed by atoms with van der Waals surface area (Å²) < 4.78 is 37.6. The van der Waals surface area contributed by atoms with Gasteiger partial charge in [0.25, 0.3) is 0 Å². The molecule has 0 spiro atoms. The molecule has 1 rings (SSSR count). The topological polar surface area (TPSA) is 38.0 Å². The van der Waals surface area contributed by atoms with Crippen molar-refractivity contribution in [2.75, 3.05) is 0 Å². The van der Waals surface area contributed by atoms with Crippen LogP contribution in [0.25, 0.3) is 0 Å². The van der Waals surface area contributed by atoms with E-state index in [2.05, 4.69) is 5.10 Å². The molecule has 1 aromatic heterocycles. The highest BCUT2D eigenvalue weighted by molar-refractivity contribution is 5.08. The molecule has 0 amide bonds. The standard InChI is InChI=1S/C9H13F3N2O/c1-2-3-8(15)6-14-5-7(4-13-14)9(10,11)12/h4-5,8,15H,2-3,6H2,1H3. The summed E-state index contributed by atoms with van der Waals surface area (Å²) in [5.74, 6) is 0. The van der Waals surface area contributed by atoms with Gasteiger partial charge >= 0.3 is 6.18 Å². The number of nitrogens with zero attached hydrogens (tertiary/aromatic N) is 2. The number of rotatable bonds is 4. The maximum atomic E-state index is 12.2. The number of halogens is 3. The molecular formula is C9H13F3N2O. The van der Waals surface area contributed by atoms with Crippen LogP contribution >= 0.6 is 0 Å². The fourth-order valence-electron chi connectivity index (χ4n) is 1.25. The fraction of sp³-hybridized carbons (Fsp3) is 0.667. The van der Waals surface area contributed by atoms with Crippen molar-refractivity contribution in [1.82, 2.24) is 9.78 Å². The van der Waals surface area contributed by atoms with Crippen LogP contribution < -0.4 is 0 Å². The van der Waals surface area contributed by atoms with Crippen LogP contribution in [0, 0.1) is 0 Å². The highest BCUT2D eigenvalue weighted by atomic mass is 19.4. The number of hydrogen-bond donors (Lipinski definition) is 1. The third-order valence-corrected chi connectivity index (χ3v) is 1.98. The minimum absolute atomic E-state index is 0.101. The van der Waals surface area contributed by atoms with Gasteiger partial charge in [-0.1, -0.05) is 13.3 Å². The zero-order valence-corrected chi connectivity index (χ0v) is 8.33. The Balaban J connectivity index is 2.61. The lowest BCUT2D eigenvalue weighted by Gasteiger charge is -2.08. The Bertz CT molecular complexity index is 309. The molecule has 6 heteroatoms. The van der Waals surface area contributed by atoms with Crippen molar-refractivity contribution in [2.24, 2.45) is 0 Å². The van der Waals surface area contributed by atoms with Crippen molar-refractivity contribution in [1.29, 1.82) is 0 Å². The normalized spacial score (nSPS) is 14.2. The second-order valence-corrected chi connectivity index (χ2v) is 3.39. The Kier molecular flexibility index (Phi) is 3.73. The summed E-state index contributed by atoms with van der Waals surface area (Å²) in [5.41, 5.74) is -0.786. The van der Waals surface area contributed by atoms with Crippen molar-refractivity contribution >= 4 is 0 Å². The van der Waals surface area contributed by atoms with Gasteiger partial charge in [0, 0.05) is 6.20 Å². The van der Waals surface area contributed by atoms with Gasteiger partial charge in [0.05, 0.1) is 24.4 Å². The van der Waals surface area contributed by atoms with E-state index in [1.54, 1.807) is 0 Å². The van der Waals surface area contributed by atoms with Crippen LogP contribution in [0.5, 0.6) is 0 Å². The molecule has 0 aromatic carbocycles. The molecule has 0 aliphatic heterocycles. The smallest absolute Gasteiger partial charge is 0.391 e. The van der Waals surface area contributed by atoms with Gasteiger partial charge < -0.3 is 5.11 Å². The quantitative estimate of drug-likeness (QED) is 0.846. The molecule has 1 heterocycles. The monoisotopic (exact) mass is 222 g/mol. The molecule has 1 unspecified atom stereocenters. The zero-order valence-electron chi connectivity index (χ0n) is 8.33. The summed E-state index contributed by atoms with van der Waals surface area (Å²) >= 11 is 0. The van der Waals surface area contributed by atoms with E-state index in [1.165, 1.54) is 0 Å². The van der Waals surface area contributed by atoms with Crippen LogP contribution in [0.15, 0.2) is 12.4 Å². The lowest BCUT2D eigenvalue weighted by Crippen LogP contribution is -2.16. The van der Waals surface area contributed by atoms with Gasteiger partial charge in [-0.05, 0) is 6.42 Å². The van der Waals surface area contributed by atoms with Crippen LogP contribution in [0.1, 0.15) is 25.3 Å².